The second-order valence-electron chi connectivity index (χ2n) is 2.12. The summed E-state index contributed by atoms with van der Waals surface area (Å²) in [7, 11) is 0. The van der Waals surface area contributed by atoms with Gasteiger partial charge in [-0.25, -0.2) is 6.07 Å². The standard InChI is InChI=1S/C4H3S.C4H9.Cu.Li/c1-2-4-5-3-1;1-4(2)3;;/h1-3H;4H,1H2,2-3H3;;/q2*-1;+2;. The van der Waals surface area contributed by atoms with E-state index < -0.39 is 0 Å². The molecule has 1 heterocycles. The number of thiophene rings is 1. The molecule has 1 aromatic rings. The molecule has 0 amide bonds. The Balaban J connectivity index is -0.000000101. The van der Waals surface area contributed by atoms with Gasteiger partial charge in [0.25, 0.3) is 0 Å². The molecule has 0 spiro atoms. The molecule has 0 aromatic carbocycles. The summed E-state index contributed by atoms with van der Waals surface area (Å²) in [5, 5.41) is 4.89. The fourth-order valence-corrected chi connectivity index (χ4v) is 0.589. The van der Waals surface area contributed by atoms with Gasteiger partial charge in [0.1, 0.15) is 0 Å². The molecule has 0 fully saturated rings. The third kappa shape index (κ3) is 24.9. The molecule has 0 unspecified atom stereocenters. The monoisotopic (exact) mass is 210 g/mol. The first-order valence-corrected chi connectivity index (χ1v) is 3.84. The van der Waals surface area contributed by atoms with Crippen LogP contribution in [-0.4, -0.2) is 18.9 Å². The van der Waals surface area contributed by atoms with Crippen LogP contribution in [0.25, 0.3) is 0 Å². The molecule has 1 rings (SSSR count). The van der Waals surface area contributed by atoms with Crippen LogP contribution in [-0.2, 0) is 17.1 Å². The van der Waals surface area contributed by atoms with Crippen molar-refractivity contribution in [1.29, 1.82) is 0 Å². The first kappa shape index (κ1) is 17.8. The van der Waals surface area contributed by atoms with Crippen molar-refractivity contribution in [3.05, 3.63) is 29.8 Å². The second kappa shape index (κ2) is 13.4. The van der Waals surface area contributed by atoms with Crippen LogP contribution in [0.2, 0.25) is 0 Å². The summed E-state index contributed by atoms with van der Waals surface area (Å²) in [6, 6.07) is 3.86. The van der Waals surface area contributed by atoms with E-state index in [1.165, 1.54) is 0 Å². The van der Waals surface area contributed by atoms with Crippen LogP contribution in [0.3, 0.4) is 0 Å². The van der Waals surface area contributed by atoms with E-state index in [1.807, 2.05) is 17.5 Å². The van der Waals surface area contributed by atoms with Gasteiger partial charge in [0, 0.05) is 18.9 Å². The molecule has 62 valence electrons. The Bertz CT molecular complexity index is 97.7. The zero-order chi connectivity index (χ0) is 7.11. The van der Waals surface area contributed by atoms with Crippen molar-refractivity contribution >= 4 is 30.2 Å². The van der Waals surface area contributed by atoms with E-state index in [4.69, 9.17) is 0 Å². The Morgan fingerprint density at radius 2 is 1.91 bits per heavy atom. The first-order chi connectivity index (χ1) is 4.23. The summed E-state index contributed by atoms with van der Waals surface area (Å²) < 4.78 is 0. The fourth-order valence-electron chi connectivity index (χ4n) is 0.196. The van der Waals surface area contributed by atoms with Crippen LogP contribution >= 0.6 is 11.3 Å². The summed E-state index contributed by atoms with van der Waals surface area (Å²) in [6.45, 7) is 7.75. The van der Waals surface area contributed by atoms with Crippen molar-refractivity contribution in [2.45, 2.75) is 13.8 Å². The van der Waals surface area contributed by atoms with Crippen LogP contribution in [0, 0.1) is 18.2 Å². The molecule has 2 radical (unpaired) electrons. The van der Waals surface area contributed by atoms with Gasteiger partial charge >= 0.3 is 17.1 Å². The van der Waals surface area contributed by atoms with Gasteiger partial charge in [0.05, 0.1) is 0 Å². The Kier molecular flexibility index (Phi) is 21.7. The Morgan fingerprint density at radius 3 is 2.00 bits per heavy atom. The van der Waals surface area contributed by atoms with Crippen molar-refractivity contribution in [3.63, 3.8) is 0 Å². The molecular formula is C8H12CuLiS. The molecule has 0 nitrogen and oxygen atoms in total. The Hall–Kier alpha value is 0.817. The smallest absolute Gasteiger partial charge is 0.341 e. The van der Waals surface area contributed by atoms with Crippen molar-refractivity contribution in [1.82, 2.24) is 0 Å². The zero-order valence-corrected chi connectivity index (χ0v) is 8.98. The van der Waals surface area contributed by atoms with Crippen molar-refractivity contribution in [2.24, 2.45) is 5.92 Å². The average molecular weight is 211 g/mol. The van der Waals surface area contributed by atoms with E-state index in [-0.39, 0.29) is 35.9 Å². The van der Waals surface area contributed by atoms with Crippen molar-refractivity contribution in [3.8, 4) is 0 Å². The molecule has 3 heteroatoms. The minimum Gasteiger partial charge on any atom is -0.341 e. The predicted molar refractivity (Wildman–Crippen MR) is 49.1 cm³/mol. The number of hydrogen-bond donors (Lipinski definition) is 0. The summed E-state index contributed by atoms with van der Waals surface area (Å²) in [5.74, 6) is 0.583. The summed E-state index contributed by atoms with van der Waals surface area (Å²) in [5.41, 5.74) is 0. The van der Waals surface area contributed by atoms with Gasteiger partial charge in [-0.2, -0.15) is 17.4 Å². The van der Waals surface area contributed by atoms with Gasteiger partial charge in [-0.3, -0.25) is 0 Å². The maximum absolute atomic E-state index is 3.64. The van der Waals surface area contributed by atoms with Crippen molar-refractivity contribution < 1.29 is 17.1 Å². The third-order valence-electron chi connectivity index (χ3n) is 0.379. The molecule has 0 aliphatic carbocycles. The van der Waals surface area contributed by atoms with Crippen LogP contribution in [0.4, 0.5) is 0 Å². The SMILES string of the molecule is [CH2-]C(C)C.[Cu+2].[Li].[c-]1cccs1. The van der Waals surface area contributed by atoms with Gasteiger partial charge in [0.2, 0.25) is 0 Å². The van der Waals surface area contributed by atoms with E-state index in [1.54, 1.807) is 11.3 Å². The Morgan fingerprint density at radius 1 is 1.45 bits per heavy atom. The van der Waals surface area contributed by atoms with E-state index in [0.29, 0.717) is 5.92 Å². The molecular weight excluding hydrogens is 199 g/mol. The minimum atomic E-state index is 0. The maximum atomic E-state index is 3.64. The summed E-state index contributed by atoms with van der Waals surface area (Å²) in [4.78, 5) is 0. The van der Waals surface area contributed by atoms with Gasteiger partial charge in [-0.05, 0) is 0 Å². The first-order valence-electron chi connectivity index (χ1n) is 2.96. The van der Waals surface area contributed by atoms with Gasteiger partial charge in [-0.1, -0.05) is 13.8 Å². The number of hydrogen-bond acceptors (Lipinski definition) is 1. The molecule has 0 aliphatic heterocycles. The fraction of sp³-hybridized carbons (Fsp3) is 0.375. The van der Waals surface area contributed by atoms with Crippen LogP contribution < -0.4 is 0 Å². The zero-order valence-electron chi connectivity index (χ0n) is 7.23. The van der Waals surface area contributed by atoms with Crippen LogP contribution in [0.1, 0.15) is 13.8 Å². The molecule has 0 bridgehead atoms. The maximum Gasteiger partial charge on any atom is 2.00 e. The largest absolute Gasteiger partial charge is 2.00 e. The van der Waals surface area contributed by atoms with Crippen LogP contribution in [0.15, 0.2) is 17.5 Å². The summed E-state index contributed by atoms with van der Waals surface area (Å²) >= 11 is 1.59. The van der Waals surface area contributed by atoms with E-state index >= 15 is 0 Å². The van der Waals surface area contributed by atoms with Gasteiger partial charge in [-0.15, -0.1) is 5.38 Å². The quantitative estimate of drug-likeness (QED) is 0.456. The summed E-state index contributed by atoms with van der Waals surface area (Å²) in [6.07, 6.45) is 0. The topological polar surface area (TPSA) is 0 Å². The predicted octanol–water partition coefficient (Wildman–Crippen LogP) is 2.64. The van der Waals surface area contributed by atoms with Gasteiger partial charge < -0.3 is 18.3 Å². The van der Waals surface area contributed by atoms with E-state index in [9.17, 15) is 0 Å². The molecule has 0 aliphatic rings. The van der Waals surface area contributed by atoms with Crippen molar-refractivity contribution in [2.75, 3.05) is 0 Å². The van der Waals surface area contributed by atoms with Crippen LogP contribution in [0.5, 0.6) is 0 Å². The normalized spacial score (nSPS) is 6.91. The van der Waals surface area contributed by atoms with E-state index in [2.05, 4.69) is 26.2 Å². The third-order valence-corrected chi connectivity index (χ3v) is 0.944. The second-order valence-corrected chi connectivity index (χ2v) is 2.87. The number of rotatable bonds is 0. The molecule has 0 saturated carbocycles. The Labute approximate surface area is 96.4 Å². The van der Waals surface area contributed by atoms with Gasteiger partial charge in [0.15, 0.2) is 0 Å². The average Bonchev–Trinajstić information content (AvgIpc) is 2.11. The van der Waals surface area contributed by atoms with E-state index in [0.717, 1.165) is 0 Å². The molecule has 11 heavy (non-hydrogen) atoms. The molecule has 1 aromatic heterocycles. The molecule has 0 atom stereocenters. The minimum absolute atomic E-state index is 0. The molecule has 0 N–H and O–H groups in total. The molecule has 0 saturated heterocycles.